The minimum Gasteiger partial charge on any atom is -0.540 e. The molecule has 16 heteroatoms. The third-order valence-electron chi connectivity index (χ3n) is 12.2. The molecule has 15 nitrogen and oxygen atoms in total. The largest absolute Gasteiger partial charge is 0.540 e. The molecule has 5 amide bonds. The van der Waals surface area contributed by atoms with Crippen LogP contribution in [0.3, 0.4) is 0 Å². The summed E-state index contributed by atoms with van der Waals surface area (Å²) in [4.78, 5) is 69.5. The van der Waals surface area contributed by atoms with Gasteiger partial charge >= 0.3 is 12.2 Å². The monoisotopic (exact) mass is 849 g/mol. The number of carbonyl (C=O) groups excluding carboxylic acids is 5. The first-order valence-electron chi connectivity index (χ1n) is 20.9. The second-order valence-electron chi connectivity index (χ2n) is 17.7. The molecule has 3 unspecified atom stereocenters. The van der Waals surface area contributed by atoms with Crippen molar-refractivity contribution < 1.29 is 47.7 Å². The molecule has 2 aromatic rings. The van der Waals surface area contributed by atoms with E-state index in [-0.39, 0.29) is 58.3 Å². The van der Waals surface area contributed by atoms with Gasteiger partial charge in [-0.3, -0.25) is 14.4 Å². The Balaban J connectivity index is 1.33. The topological polar surface area (TPSA) is 185 Å². The summed E-state index contributed by atoms with van der Waals surface area (Å²) < 4.78 is 23.7. The first-order valence-corrected chi connectivity index (χ1v) is 23.0. The predicted molar refractivity (Wildman–Crippen MR) is 230 cm³/mol. The highest BCUT2D eigenvalue weighted by Crippen LogP contribution is 2.57. The smallest absolute Gasteiger partial charge is 0.416 e. The number of hydrogen-bond acceptors (Lipinski definition) is 10. The van der Waals surface area contributed by atoms with E-state index in [9.17, 15) is 29.1 Å². The standard InChI is InChI=1S/C44H63N5O10Si/c1-12-19-57-42(54)47-37(25(2)3)39(51)45-29(10)38(50)46-31-15-13-30(14-16-31)23-58-43(55)49-33-21-36(59-60(26(4)5,27(6)7)28(8)9)35(56-11)20-32(33)40(52)48-24-44(17-18-44)22-34(48)41(49)53/h12-16,20-21,25-29,34,37,41,53H,1,17-19,22-24H2,2-11H3,(H,45,51)(H,46,50)(H,47,54)/t29?,34-,37?,41?/m0/s1. The van der Waals surface area contributed by atoms with Crippen LogP contribution in [0.2, 0.25) is 16.6 Å². The van der Waals surface area contributed by atoms with E-state index in [4.69, 9.17) is 18.6 Å². The molecule has 0 aromatic heterocycles. The van der Waals surface area contributed by atoms with Crippen molar-refractivity contribution in [2.45, 2.75) is 129 Å². The summed E-state index contributed by atoms with van der Waals surface area (Å²) in [7, 11) is -1.01. The van der Waals surface area contributed by atoms with Crippen LogP contribution in [0.5, 0.6) is 11.5 Å². The lowest BCUT2D eigenvalue weighted by Gasteiger charge is -2.42. The van der Waals surface area contributed by atoms with Crippen molar-refractivity contribution >= 4 is 49.6 Å². The first-order chi connectivity index (χ1) is 28.3. The summed E-state index contributed by atoms with van der Waals surface area (Å²) >= 11 is 0. The number of aliphatic hydroxyl groups is 1. The molecule has 2 aliphatic heterocycles. The number of aliphatic hydroxyl groups excluding tert-OH is 1. The van der Waals surface area contributed by atoms with Crippen molar-refractivity contribution in [3.8, 4) is 11.5 Å². The lowest BCUT2D eigenvalue weighted by atomic mass is 10.0. The summed E-state index contributed by atoms with van der Waals surface area (Å²) in [6, 6.07) is 7.38. The Morgan fingerprint density at radius 1 is 0.917 bits per heavy atom. The quantitative estimate of drug-likeness (QED) is 0.100. The van der Waals surface area contributed by atoms with Crippen LogP contribution < -0.4 is 30.0 Å². The maximum atomic E-state index is 14.3. The van der Waals surface area contributed by atoms with Crippen LogP contribution in [-0.4, -0.2) is 92.8 Å². The zero-order chi connectivity index (χ0) is 44.3. The molecule has 2 heterocycles. The number of fused-ring (bicyclic) bond motifs is 2. The number of nitrogens with zero attached hydrogens (tertiary/aromatic N) is 2. The SMILES string of the molecule is C=CCOC(=O)NC(C(=O)NC(C)C(=O)Nc1ccc(COC(=O)N2c3cc(O[Si](C(C)C)(C(C)C)C(C)C)c(OC)cc3C(=O)N3CC4(CC4)C[C@H]3C2O)cc1)C(C)C. The molecule has 0 radical (unpaired) electrons. The number of benzene rings is 2. The zero-order valence-corrected chi connectivity index (χ0v) is 37.6. The van der Waals surface area contributed by atoms with Crippen molar-refractivity contribution in [3.63, 3.8) is 0 Å². The molecule has 1 saturated heterocycles. The van der Waals surface area contributed by atoms with Crippen molar-refractivity contribution in [2.24, 2.45) is 11.3 Å². The number of anilines is 2. The Bertz CT molecular complexity index is 1910. The highest BCUT2D eigenvalue weighted by molar-refractivity contribution is 6.78. The molecule has 0 bridgehead atoms. The first kappa shape index (κ1) is 46.0. The van der Waals surface area contributed by atoms with Gasteiger partial charge < -0.3 is 44.6 Å². The molecule has 2 aromatic carbocycles. The van der Waals surface area contributed by atoms with E-state index in [1.165, 1.54) is 25.0 Å². The van der Waals surface area contributed by atoms with Crippen LogP contribution in [0.4, 0.5) is 21.0 Å². The highest BCUT2D eigenvalue weighted by atomic mass is 28.4. The Morgan fingerprint density at radius 3 is 2.10 bits per heavy atom. The lowest BCUT2D eigenvalue weighted by molar-refractivity contribution is -0.128. The number of methoxy groups -OCH3 is 1. The van der Waals surface area contributed by atoms with E-state index in [2.05, 4.69) is 64.1 Å². The van der Waals surface area contributed by atoms with Gasteiger partial charge in [-0.05, 0) is 77.9 Å². The molecule has 3 aliphatic rings. The van der Waals surface area contributed by atoms with Crippen LogP contribution in [0.15, 0.2) is 49.1 Å². The Kier molecular flexibility index (Phi) is 14.3. The molecule has 4 N–H and O–H groups in total. The van der Waals surface area contributed by atoms with Crippen LogP contribution in [-0.2, 0) is 25.7 Å². The Morgan fingerprint density at radius 2 is 1.55 bits per heavy atom. The molecule has 1 spiro atoms. The van der Waals surface area contributed by atoms with Crippen molar-refractivity contribution in [1.29, 1.82) is 0 Å². The molecule has 5 rings (SSSR count). The van der Waals surface area contributed by atoms with Crippen LogP contribution in [0, 0.1) is 11.3 Å². The number of nitrogens with one attached hydrogen (secondary N) is 3. The Labute approximate surface area is 354 Å². The second-order valence-corrected chi connectivity index (χ2v) is 23.0. The van der Waals surface area contributed by atoms with E-state index < -0.39 is 56.7 Å². The van der Waals surface area contributed by atoms with Gasteiger partial charge in [-0.25, -0.2) is 14.5 Å². The van der Waals surface area contributed by atoms with Crippen molar-refractivity contribution in [2.75, 3.05) is 30.5 Å². The molecule has 60 heavy (non-hydrogen) atoms. The van der Waals surface area contributed by atoms with Gasteiger partial charge in [0.05, 0.1) is 24.4 Å². The molecule has 2 fully saturated rings. The second kappa shape index (κ2) is 18.7. The van der Waals surface area contributed by atoms with Gasteiger partial charge in [-0.2, -0.15) is 0 Å². The van der Waals surface area contributed by atoms with Gasteiger partial charge in [0, 0.05) is 18.3 Å². The number of rotatable bonds is 16. The molecule has 1 aliphatic carbocycles. The maximum Gasteiger partial charge on any atom is 0.416 e. The number of amides is 5. The minimum absolute atomic E-state index is 0.0134. The fourth-order valence-electron chi connectivity index (χ4n) is 8.86. The molecule has 1 saturated carbocycles. The van der Waals surface area contributed by atoms with E-state index >= 15 is 0 Å². The zero-order valence-electron chi connectivity index (χ0n) is 36.6. The van der Waals surface area contributed by atoms with Gasteiger partial charge in [0.2, 0.25) is 11.8 Å². The van der Waals surface area contributed by atoms with Crippen LogP contribution in [0.1, 0.15) is 97.5 Å². The predicted octanol–water partition coefficient (Wildman–Crippen LogP) is 7.10. The van der Waals surface area contributed by atoms with E-state index in [0.717, 1.165) is 12.8 Å². The van der Waals surface area contributed by atoms with Gasteiger partial charge in [-0.1, -0.05) is 80.2 Å². The summed E-state index contributed by atoms with van der Waals surface area (Å²) in [5.74, 6) is -0.828. The summed E-state index contributed by atoms with van der Waals surface area (Å²) in [5, 5.41) is 20.0. The van der Waals surface area contributed by atoms with Crippen LogP contribution in [0.25, 0.3) is 0 Å². The van der Waals surface area contributed by atoms with Crippen molar-refractivity contribution in [3.05, 3.63) is 60.2 Å². The third-order valence-corrected chi connectivity index (χ3v) is 18.2. The molecule has 328 valence electrons. The fraction of sp³-hybridized carbons (Fsp3) is 0.568. The number of alkyl carbamates (subject to hydrolysis) is 1. The summed E-state index contributed by atoms with van der Waals surface area (Å²) in [6.07, 6.45) is 0.886. The number of ether oxygens (including phenoxy) is 3. The van der Waals surface area contributed by atoms with E-state index in [0.29, 0.717) is 35.7 Å². The minimum atomic E-state index is -2.53. The van der Waals surface area contributed by atoms with Gasteiger partial charge in [0.15, 0.2) is 12.0 Å². The molecular formula is C44H63N5O10Si. The molecule has 4 atom stereocenters. The average molecular weight is 850 g/mol. The average Bonchev–Trinajstić information content (AvgIpc) is 3.86. The fourth-order valence-corrected chi connectivity index (χ4v) is 14.1. The van der Waals surface area contributed by atoms with Gasteiger partial charge in [0.1, 0.15) is 31.0 Å². The normalized spacial score (nSPS) is 19.0. The van der Waals surface area contributed by atoms with Crippen molar-refractivity contribution in [1.82, 2.24) is 15.5 Å². The van der Waals surface area contributed by atoms with E-state index in [1.54, 1.807) is 55.1 Å². The number of carbonyl (C=O) groups is 5. The molecular weight excluding hydrogens is 787 g/mol. The number of hydrogen-bond donors (Lipinski definition) is 4. The highest BCUT2D eigenvalue weighted by Gasteiger charge is 2.58. The van der Waals surface area contributed by atoms with Gasteiger partial charge in [-0.15, -0.1) is 0 Å². The van der Waals surface area contributed by atoms with Gasteiger partial charge in [0.25, 0.3) is 14.2 Å². The summed E-state index contributed by atoms with van der Waals surface area (Å²) in [5.41, 5.74) is 2.05. The Hall–Kier alpha value is -5.09. The third kappa shape index (κ3) is 9.59. The van der Waals surface area contributed by atoms with Crippen LogP contribution >= 0.6 is 0 Å². The summed E-state index contributed by atoms with van der Waals surface area (Å²) in [6.45, 7) is 21.8. The lowest BCUT2D eigenvalue weighted by Crippen LogP contribution is -2.53. The van der Waals surface area contributed by atoms with E-state index in [1.807, 2.05) is 0 Å². The maximum absolute atomic E-state index is 14.3.